The van der Waals surface area contributed by atoms with Crippen molar-refractivity contribution in [3.8, 4) is 5.75 Å². The van der Waals surface area contributed by atoms with Crippen LogP contribution < -0.4 is 20.8 Å². The molecule has 3 N–H and O–H groups in total. The van der Waals surface area contributed by atoms with Gasteiger partial charge < -0.3 is 20.1 Å². The van der Waals surface area contributed by atoms with E-state index >= 15 is 0 Å². The summed E-state index contributed by atoms with van der Waals surface area (Å²) in [7, 11) is 1.56. The quantitative estimate of drug-likeness (QED) is 0.213. The van der Waals surface area contributed by atoms with Crippen LogP contribution in [0.2, 0.25) is 0 Å². The maximum Gasteiger partial charge on any atom is 0.329 e. The zero-order valence-corrected chi connectivity index (χ0v) is 18.2. The topological polar surface area (TPSA) is 118 Å². The number of carbonyl (C=O) groups excluding carboxylic acids is 3. The number of hydrogen-bond acceptors (Lipinski definition) is 6. The van der Waals surface area contributed by atoms with Crippen molar-refractivity contribution in [3.05, 3.63) is 59.7 Å². The first-order valence-corrected chi connectivity index (χ1v) is 10.2. The fourth-order valence-corrected chi connectivity index (χ4v) is 2.71. The molecular weight excluding hydrogens is 412 g/mol. The lowest BCUT2D eigenvalue weighted by molar-refractivity contribution is -0.139. The minimum absolute atomic E-state index is 0.195. The molecule has 0 spiro atoms. The molecule has 2 rings (SSSR count). The van der Waals surface area contributed by atoms with Crippen LogP contribution in [0.5, 0.6) is 5.75 Å². The molecule has 0 atom stereocenters. The summed E-state index contributed by atoms with van der Waals surface area (Å²) < 4.78 is 10.5. The number of benzene rings is 2. The summed E-state index contributed by atoms with van der Waals surface area (Å²) >= 11 is 0. The average molecular weight is 441 g/mol. The number of amides is 3. The Kier molecular flexibility index (Phi) is 10.4. The van der Waals surface area contributed by atoms with E-state index in [4.69, 9.17) is 9.47 Å². The Hall–Kier alpha value is -3.72. The van der Waals surface area contributed by atoms with Crippen LogP contribution in [-0.4, -0.2) is 50.8 Å². The Balaban J connectivity index is 1.87. The van der Waals surface area contributed by atoms with Crippen molar-refractivity contribution in [2.45, 2.75) is 19.8 Å². The molecule has 9 heteroatoms. The third-order valence-electron chi connectivity index (χ3n) is 4.34. The second-order valence-electron chi connectivity index (χ2n) is 6.69. The van der Waals surface area contributed by atoms with E-state index in [0.717, 1.165) is 17.7 Å². The third kappa shape index (κ3) is 8.19. The Bertz CT molecular complexity index is 945. The van der Waals surface area contributed by atoms with Gasteiger partial charge in [-0.2, -0.15) is 5.10 Å². The third-order valence-corrected chi connectivity index (χ3v) is 4.34. The van der Waals surface area contributed by atoms with E-state index < -0.39 is 11.8 Å². The van der Waals surface area contributed by atoms with E-state index in [1.54, 1.807) is 31.4 Å². The Morgan fingerprint density at radius 1 is 1.03 bits per heavy atom. The molecule has 0 aliphatic heterocycles. The number of ether oxygens (including phenoxy) is 2. The second-order valence-corrected chi connectivity index (χ2v) is 6.69. The molecule has 0 saturated heterocycles. The number of nitrogens with zero attached hydrogens (tertiary/aromatic N) is 1. The maximum atomic E-state index is 12.3. The smallest absolute Gasteiger partial charge is 0.329 e. The van der Waals surface area contributed by atoms with Crippen molar-refractivity contribution < 1.29 is 23.9 Å². The number of hydrazone groups is 1. The normalized spacial score (nSPS) is 10.6. The highest BCUT2D eigenvalue weighted by Crippen LogP contribution is 2.17. The summed E-state index contributed by atoms with van der Waals surface area (Å²) in [6.45, 7) is 2.63. The Morgan fingerprint density at radius 3 is 2.56 bits per heavy atom. The van der Waals surface area contributed by atoms with Crippen LogP contribution in [0.25, 0.3) is 0 Å². The molecule has 0 heterocycles. The zero-order valence-electron chi connectivity index (χ0n) is 18.2. The number of carbonyl (C=O) groups is 3. The molecule has 170 valence electrons. The van der Waals surface area contributed by atoms with Gasteiger partial charge in [0.1, 0.15) is 5.75 Å². The summed E-state index contributed by atoms with van der Waals surface area (Å²) in [6, 6.07) is 14.5. The molecule has 9 nitrogen and oxygen atoms in total. The van der Waals surface area contributed by atoms with E-state index in [-0.39, 0.29) is 12.5 Å². The van der Waals surface area contributed by atoms with Gasteiger partial charge in [-0.25, -0.2) is 5.43 Å². The largest absolute Gasteiger partial charge is 0.483 e. The van der Waals surface area contributed by atoms with Gasteiger partial charge in [0, 0.05) is 31.5 Å². The van der Waals surface area contributed by atoms with E-state index in [1.807, 2.05) is 31.2 Å². The van der Waals surface area contributed by atoms with Crippen LogP contribution in [-0.2, 0) is 25.5 Å². The van der Waals surface area contributed by atoms with Gasteiger partial charge in [-0.3, -0.25) is 14.4 Å². The maximum absolute atomic E-state index is 12.3. The number of anilines is 1. The minimum Gasteiger partial charge on any atom is -0.483 e. The summed E-state index contributed by atoms with van der Waals surface area (Å²) in [5.41, 5.74) is 4.48. The molecule has 0 fully saturated rings. The first-order valence-electron chi connectivity index (χ1n) is 10.2. The summed E-state index contributed by atoms with van der Waals surface area (Å²) in [6.07, 6.45) is 2.74. The van der Waals surface area contributed by atoms with E-state index in [2.05, 4.69) is 21.2 Å². The predicted octanol–water partition coefficient (Wildman–Crippen LogP) is 1.87. The van der Waals surface area contributed by atoms with Crippen LogP contribution in [0.15, 0.2) is 53.6 Å². The lowest BCUT2D eigenvalue weighted by Gasteiger charge is -2.11. The van der Waals surface area contributed by atoms with Crippen molar-refractivity contribution in [2.24, 2.45) is 5.10 Å². The highest BCUT2D eigenvalue weighted by molar-refractivity contribution is 6.35. The van der Waals surface area contributed by atoms with Gasteiger partial charge in [0.05, 0.1) is 6.21 Å². The van der Waals surface area contributed by atoms with Gasteiger partial charge in [0.25, 0.3) is 5.91 Å². The van der Waals surface area contributed by atoms with Gasteiger partial charge in [-0.15, -0.1) is 0 Å². The summed E-state index contributed by atoms with van der Waals surface area (Å²) in [4.78, 5) is 35.7. The Labute approximate surface area is 187 Å². The molecule has 2 aromatic carbocycles. The lowest BCUT2D eigenvalue weighted by atomic mass is 10.1. The molecular formula is C23H28N4O5. The van der Waals surface area contributed by atoms with Crippen molar-refractivity contribution in [2.75, 3.05) is 32.2 Å². The fraction of sp³-hybridized carbons (Fsp3) is 0.304. The van der Waals surface area contributed by atoms with Gasteiger partial charge >= 0.3 is 11.8 Å². The monoisotopic (exact) mass is 440 g/mol. The van der Waals surface area contributed by atoms with Gasteiger partial charge in [-0.05, 0) is 36.6 Å². The van der Waals surface area contributed by atoms with Gasteiger partial charge in [0.2, 0.25) is 0 Å². The fourth-order valence-electron chi connectivity index (χ4n) is 2.71. The molecule has 0 aromatic heterocycles. The molecule has 0 saturated carbocycles. The molecule has 0 radical (unpaired) electrons. The summed E-state index contributed by atoms with van der Waals surface area (Å²) in [5.74, 6) is -1.55. The van der Waals surface area contributed by atoms with E-state index in [0.29, 0.717) is 30.9 Å². The number of hydrogen-bond donors (Lipinski definition) is 3. The number of aryl methyl sites for hydroxylation is 1. The molecule has 0 unspecified atom stereocenters. The molecule has 0 bridgehead atoms. The molecule has 0 aliphatic carbocycles. The van der Waals surface area contributed by atoms with Crippen LogP contribution in [0.4, 0.5) is 5.69 Å². The first kappa shape index (κ1) is 24.5. The highest BCUT2D eigenvalue weighted by atomic mass is 16.5. The molecule has 0 aliphatic rings. The molecule has 3 amide bonds. The van der Waals surface area contributed by atoms with E-state index in [1.165, 1.54) is 6.21 Å². The first-order chi connectivity index (χ1) is 15.5. The molecule has 2 aromatic rings. The number of para-hydroxylation sites is 2. The lowest BCUT2D eigenvalue weighted by Crippen LogP contribution is -2.38. The van der Waals surface area contributed by atoms with Crippen LogP contribution in [0.1, 0.15) is 24.5 Å². The predicted molar refractivity (Wildman–Crippen MR) is 122 cm³/mol. The second kappa shape index (κ2) is 13.6. The standard InChI is InChI=1S/C23H28N4O5/c1-3-17-9-4-6-11-19(17)26-21(28)16-32-20-12-7-5-10-18(20)15-25-27-23(30)22(29)24-13-8-14-31-2/h4-7,9-12,15H,3,8,13-14,16H2,1-2H3,(H,24,29)(H,26,28)(H,27,30)/b25-15-. The van der Waals surface area contributed by atoms with E-state index in [9.17, 15) is 14.4 Å². The van der Waals surface area contributed by atoms with Crippen LogP contribution in [0, 0.1) is 0 Å². The van der Waals surface area contributed by atoms with Crippen molar-refractivity contribution in [1.82, 2.24) is 10.7 Å². The zero-order chi connectivity index (χ0) is 23.2. The van der Waals surface area contributed by atoms with Crippen molar-refractivity contribution in [1.29, 1.82) is 0 Å². The molecule has 32 heavy (non-hydrogen) atoms. The minimum atomic E-state index is -0.883. The van der Waals surface area contributed by atoms with Crippen LogP contribution in [0.3, 0.4) is 0 Å². The average Bonchev–Trinajstić information content (AvgIpc) is 2.81. The highest BCUT2D eigenvalue weighted by Gasteiger charge is 2.12. The number of rotatable bonds is 11. The van der Waals surface area contributed by atoms with Crippen molar-refractivity contribution >= 4 is 29.6 Å². The van der Waals surface area contributed by atoms with Crippen molar-refractivity contribution in [3.63, 3.8) is 0 Å². The summed E-state index contributed by atoms with van der Waals surface area (Å²) in [5, 5.41) is 9.10. The van der Waals surface area contributed by atoms with Gasteiger partial charge in [-0.1, -0.05) is 37.3 Å². The number of nitrogens with one attached hydrogen (secondary N) is 3. The Morgan fingerprint density at radius 2 is 1.78 bits per heavy atom. The van der Waals surface area contributed by atoms with Crippen LogP contribution >= 0.6 is 0 Å². The SMILES string of the molecule is CCc1ccccc1NC(=O)COc1ccccc1/C=N\NC(=O)C(=O)NCCCOC. The number of methoxy groups -OCH3 is 1. The van der Waals surface area contributed by atoms with Gasteiger partial charge in [0.15, 0.2) is 6.61 Å².